The second-order valence-electron chi connectivity index (χ2n) is 6.54. The van der Waals surface area contributed by atoms with E-state index in [0.29, 0.717) is 18.7 Å². The molecule has 1 aromatic heterocycles. The van der Waals surface area contributed by atoms with Crippen LogP contribution in [0.5, 0.6) is 11.5 Å². The number of aromatic nitrogens is 2. The van der Waals surface area contributed by atoms with Crippen molar-refractivity contribution in [1.82, 2.24) is 19.6 Å². The molecule has 1 aliphatic heterocycles. The lowest BCUT2D eigenvalue weighted by Gasteiger charge is -2.36. The first-order valence-electron chi connectivity index (χ1n) is 9.53. The molecule has 1 aromatic carbocycles. The molecule has 3 rings (SSSR count). The number of aliphatic imine (C=N–C) groups is 1. The maximum atomic E-state index is 10.1. The summed E-state index contributed by atoms with van der Waals surface area (Å²) in [7, 11) is 3.39. The molecule has 0 radical (unpaired) electrons. The first-order valence-corrected chi connectivity index (χ1v) is 10.3. The molecule has 2 heterocycles. The molecule has 1 fully saturated rings. The Kier molecular flexibility index (Phi) is 6.91. The van der Waals surface area contributed by atoms with Gasteiger partial charge in [-0.05, 0) is 18.1 Å². The number of hydrogen-bond acceptors (Lipinski definition) is 7. The number of benzene rings is 1. The number of rotatable bonds is 6. The number of nitrogens with zero attached hydrogens (tertiary/aromatic N) is 5. The van der Waals surface area contributed by atoms with E-state index in [4.69, 9.17) is 4.74 Å². The largest absolute Gasteiger partial charge is 0.508 e. The van der Waals surface area contributed by atoms with Gasteiger partial charge in [-0.2, -0.15) is 4.37 Å². The Labute approximate surface area is 170 Å². The van der Waals surface area contributed by atoms with Gasteiger partial charge in [-0.25, -0.2) is 4.98 Å². The summed E-state index contributed by atoms with van der Waals surface area (Å²) in [5.74, 6) is 2.72. The van der Waals surface area contributed by atoms with Crippen molar-refractivity contribution in [2.24, 2.45) is 4.99 Å². The Hall–Kier alpha value is -2.55. The smallest absolute Gasteiger partial charge is 0.205 e. The average molecular weight is 405 g/mol. The second-order valence-corrected chi connectivity index (χ2v) is 7.27. The van der Waals surface area contributed by atoms with Gasteiger partial charge in [0.05, 0.1) is 7.11 Å². The highest BCUT2D eigenvalue weighted by Crippen LogP contribution is 2.23. The van der Waals surface area contributed by atoms with Crippen LogP contribution in [0, 0.1) is 0 Å². The zero-order valence-corrected chi connectivity index (χ0v) is 17.5. The number of hydrogen-bond donors (Lipinski definition) is 2. The van der Waals surface area contributed by atoms with E-state index in [1.807, 2.05) is 12.1 Å². The van der Waals surface area contributed by atoms with Gasteiger partial charge >= 0.3 is 0 Å². The SMILES string of the molecule is CCc1nsc(N2CCN(C(=NC)NCCc3ccc(OC)cc3O)CC2)n1. The molecule has 152 valence electrons. The fraction of sp³-hybridized carbons (Fsp3) is 0.526. The van der Waals surface area contributed by atoms with Crippen molar-refractivity contribution in [3.8, 4) is 11.5 Å². The van der Waals surface area contributed by atoms with Gasteiger partial charge in [-0.3, -0.25) is 4.99 Å². The van der Waals surface area contributed by atoms with Crippen LogP contribution < -0.4 is 15.0 Å². The summed E-state index contributed by atoms with van der Waals surface area (Å²) in [6, 6.07) is 5.39. The summed E-state index contributed by atoms with van der Waals surface area (Å²) >= 11 is 1.48. The predicted molar refractivity (Wildman–Crippen MR) is 113 cm³/mol. The van der Waals surface area contributed by atoms with Gasteiger partial charge in [0.15, 0.2) is 5.96 Å². The molecule has 0 aliphatic carbocycles. The molecule has 2 N–H and O–H groups in total. The Morgan fingerprint density at radius 2 is 2.11 bits per heavy atom. The van der Waals surface area contributed by atoms with Gasteiger partial charge in [0.1, 0.15) is 17.3 Å². The van der Waals surface area contributed by atoms with Crippen molar-refractivity contribution in [2.75, 3.05) is 51.8 Å². The van der Waals surface area contributed by atoms with E-state index >= 15 is 0 Å². The quantitative estimate of drug-likeness (QED) is 0.560. The maximum Gasteiger partial charge on any atom is 0.205 e. The van der Waals surface area contributed by atoms with Crippen LogP contribution in [0.25, 0.3) is 0 Å². The number of aromatic hydroxyl groups is 1. The number of nitrogens with one attached hydrogen (secondary N) is 1. The van der Waals surface area contributed by atoms with E-state index < -0.39 is 0 Å². The normalized spacial score (nSPS) is 15.0. The van der Waals surface area contributed by atoms with E-state index in [2.05, 4.69) is 36.4 Å². The Morgan fingerprint density at radius 1 is 1.32 bits per heavy atom. The number of guanidine groups is 1. The lowest BCUT2D eigenvalue weighted by Crippen LogP contribution is -2.52. The lowest BCUT2D eigenvalue weighted by molar-refractivity contribution is 0.372. The predicted octanol–water partition coefficient (Wildman–Crippen LogP) is 1.75. The van der Waals surface area contributed by atoms with E-state index in [-0.39, 0.29) is 5.75 Å². The fourth-order valence-corrected chi connectivity index (χ4v) is 3.95. The number of methoxy groups -OCH3 is 1. The third-order valence-electron chi connectivity index (χ3n) is 4.81. The molecule has 2 aromatic rings. The van der Waals surface area contributed by atoms with Crippen LogP contribution in [-0.4, -0.2) is 72.2 Å². The average Bonchev–Trinajstić information content (AvgIpc) is 3.21. The number of phenolic OH excluding ortho intramolecular Hbond substituents is 1. The van der Waals surface area contributed by atoms with Gasteiger partial charge < -0.3 is 25.0 Å². The Balaban J connectivity index is 1.48. The second kappa shape index (κ2) is 9.59. The first-order chi connectivity index (χ1) is 13.6. The van der Waals surface area contributed by atoms with Crippen LogP contribution in [0.1, 0.15) is 18.3 Å². The van der Waals surface area contributed by atoms with E-state index in [0.717, 1.165) is 55.1 Å². The molecule has 0 unspecified atom stereocenters. The summed E-state index contributed by atoms with van der Waals surface area (Å²) in [4.78, 5) is 13.5. The molecule has 1 aliphatic rings. The highest BCUT2D eigenvalue weighted by Gasteiger charge is 2.22. The van der Waals surface area contributed by atoms with Crippen molar-refractivity contribution in [3.05, 3.63) is 29.6 Å². The summed E-state index contributed by atoms with van der Waals surface area (Å²) in [5.41, 5.74) is 0.886. The highest BCUT2D eigenvalue weighted by atomic mass is 32.1. The number of ether oxygens (including phenoxy) is 1. The number of aryl methyl sites for hydroxylation is 1. The van der Waals surface area contributed by atoms with Crippen molar-refractivity contribution in [1.29, 1.82) is 0 Å². The van der Waals surface area contributed by atoms with Gasteiger partial charge in [0, 0.05) is 63.8 Å². The lowest BCUT2D eigenvalue weighted by atomic mass is 10.1. The molecule has 0 amide bonds. The van der Waals surface area contributed by atoms with Crippen molar-refractivity contribution >= 4 is 22.6 Å². The van der Waals surface area contributed by atoms with E-state index in [1.54, 1.807) is 20.2 Å². The van der Waals surface area contributed by atoms with Crippen LogP contribution >= 0.6 is 11.5 Å². The van der Waals surface area contributed by atoms with Crippen LogP contribution in [0.15, 0.2) is 23.2 Å². The minimum absolute atomic E-state index is 0.258. The minimum atomic E-state index is 0.258. The van der Waals surface area contributed by atoms with Crippen LogP contribution in [0.3, 0.4) is 0 Å². The number of anilines is 1. The molecule has 1 saturated heterocycles. The maximum absolute atomic E-state index is 10.1. The van der Waals surface area contributed by atoms with Crippen molar-refractivity contribution in [2.45, 2.75) is 19.8 Å². The Bertz CT molecular complexity index is 801. The Morgan fingerprint density at radius 3 is 2.71 bits per heavy atom. The van der Waals surface area contributed by atoms with E-state index in [1.165, 1.54) is 11.5 Å². The van der Waals surface area contributed by atoms with Crippen LogP contribution in [-0.2, 0) is 12.8 Å². The molecule has 28 heavy (non-hydrogen) atoms. The van der Waals surface area contributed by atoms with Gasteiger partial charge in [-0.1, -0.05) is 13.0 Å². The molecule has 8 nitrogen and oxygen atoms in total. The monoisotopic (exact) mass is 404 g/mol. The highest BCUT2D eigenvalue weighted by molar-refractivity contribution is 7.09. The van der Waals surface area contributed by atoms with Crippen molar-refractivity contribution in [3.63, 3.8) is 0 Å². The molecular formula is C19H28N6O2S. The number of piperazine rings is 1. The van der Waals surface area contributed by atoms with Gasteiger partial charge in [-0.15, -0.1) is 0 Å². The van der Waals surface area contributed by atoms with Crippen LogP contribution in [0.2, 0.25) is 0 Å². The van der Waals surface area contributed by atoms with Gasteiger partial charge in [0.25, 0.3) is 0 Å². The topological polar surface area (TPSA) is 86.1 Å². The standard InChI is InChI=1S/C19H28N6O2S/c1-4-17-22-19(28-23-17)25-11-9-24(10-12-25)18(20-2)21-8-7-14-5-6-15(27-3)13-16(14)26/h5-6,13,26H,4,7-12H2,1-3H3,(H,20,21). The first kappa shape index (κ1) is 20.2. The summed E-state index contributed by atoms with van der Waals surface area (Å²) in [5, 5.41) is 14.5. The molecule has 9 heteroatoms. The summed E-state index contributed by atoms with van der Waals surface area (Å²) in [6.45, 7) is 6.34. The third kappa shape index (κ3) is 4.83. The third-order valence-corrected chi connectivity index (χ3v) is 5.62. The molecular weight excluding hydrogens is 376 g/mol. The van der Waals surface area contributed by atoms with E-state index in [9.17, 15) is 5.11 Å². The molecule has 0 spiro atoms. The fourth-order valence-electron chi connectivity index (χ4n) is 3.15. The minimum Gasteiger partial charge on any atom is -0.508 e. The molecule has 0 saturated carbocycles. The summed E-state index contributed by atoms with van der Waals surface area (Å²) in [6.07, 6.45) is 1.58. The number of phenols is 1. The van der Waals surface area contributed by atoms with Crippen molar-refractivity contribution < 1.29 is 9.84 Å². The summed E-state index contributed by atoms with van der Waals surface area (Å²) < 4.78 is 9.50. The zero-order valence-electron chi connectivity index (χ0n) is 16.7. The zero-order chi connectivity index (χ0) is 19.9. The van der Waals surface area contributed by atoms with Gasteiger partial charge in [0.2, 0.25) is 5.13 Å². The van der Waals surface area contributed by atoms with Crippen LogP contribution in [0.4, 0.5) is 5.13 Å². The molecule has 0 bridgehead atoms. The molecule has 0 atom stereocenters.